The summed E-state index contributed by atoms with van der Waals surface area (Å²) in [6.07, 6.45) is 2.01. The van der Waals surface area contributed by atoms with Gasteiger partial charge in [-0.3, -0.25) is 4.79 Å². The maximum absolute atomic E-state index is 13.3. The average Bonchev–Trinajstić information content (AvgIpc) is 2.74. The van der Waals surface area contributed by atoms with Crippen molar-refractivity contribution in [3.8, 4) is 0 Å². The minimum absolute atomic E-state index is 0.00361. The fourth-order valence-corrected chi connectivity index (χ4v) is 3.61. The number of hydrogen-bond acceptors (Lipinski definition) is 3. The predicted octanol–water partition coefficient (Wildman–Crippen LogP) is 4.30. The Morgan fingerprint density at radius 1 is 0.963 bits per heavy atom. The number of rotatable bonds is 5. The highest BCUT2D eigenvalue weighted by atomic mass is 16.5. The van der Waals surface area contributed by atoms with Crippen LogP contribution in [0.15, 0.2) is 66.7 Å². The Morgan fingerprint density at radius 3 is 2.52 bits per heavy atom. The van der Waals surface area contributed by atoms with Crippen LogP contribution in [-0.4, -0.2) is 35.5 Å². The van der Waals surface area contributed by atoms with Gasteiger partial charge >= 0.3 is 0 Å². The number of aromatic nitrogens is 1. The van der Waals surface area contributed by atoms with Crippen LogP contribution in [0.4, 0.5) is 0 Å². The van der Waals surface area contributed by atoms with E-state index in [0.717, 1.165) is 49.1 Å². The first kappa shape index (κ1) is 17.7. The molecule has 1 aliphatic rings. The van der Waals surface area contributed by atoms with Gasteiger partial charge in [0.15, 0.2) is 0 Å². The Hall–Kier alpha value is -2.72. The summed E-state index contributed by atoms with van der Waals surface area (Å²) >= 11 is 0. The van der Waals surface area contributed by atoms with E-state index >= 15 is 0 Å². The molecule has 27 heavy (non-hydrogen) atoms. The van der Waals surface area contributed by atoms with Gasteiger partial charge in [-0.05, 0) is 36.5 Å². The Balaban J connectivity index is 1.59. The second kappa shape index (κ2) is 8.31. The van der Waals surface area contributed by atoms with Gasteiger partial charge in [0, 0.05) is 31.7 Å². The van der Waals surface area contributed by atoms with Gasteiger partial charge < -0.3 is 9.64 Å². The molecule has 4 heteroatoms. The van der Waals surface area contributed by atoms with Crippen molar-refractivity contribution in [1.82, 2.24) is 9.88 Å². The summed E-state index contributed by atoms with van der Waals surface area (Å²) in [7, 11) is 0. The molecule has 0 N–H and O–H groups in total. The van der Waals surface area contributed by atoms with Gasteiger partial charge in [-0.25, -0.2) is 4.98 Å². The number of fused-ring (bicyclic) bond motifs is 1. The third-order valence-electron chi connectivity index (χ3n) is 5.14. The molecule has 1 saturated heterocycles. The summed E-state index contributed by atoms with van der Waals surface area (Å²) in [5.41, 5.74) is 2.50. The number of hydrogen-bond donors (Lipinski definition) is 0. The van der Waals surface area contributed by atoms with Crippen molar-refractivity contribution in [3.63, 3.8) is 0 Å². The molecule has 3 aromatic rings. The summed E-state index contributed by atoms with van der Waals surface area (Å²) in [4.78, 5) is 19.9. The van der Waals surface area contributed by atoms with E-state index in [1.54, 1.807) is 0 Å². The fraction of sp³-hybridized carbons (Fsp3) is 0.304. The molecule has 0 atom stereocenters. The van der Waals surface area contributed by atoms with E-state index in [9.17, 15) is 4.79 Å². The highest BCUT2D eigenvalue weighted by Gasteiger charge is 2.23. The monoisotopic (exact) mass is 360 g/mol. The molecular weight excluding hydrogens is 336 g/mol. The number of carbonyl (C=O) groups is 1. The molecule has 0 spiro atoms. The molecule has 4 rings (SSSR count). The van der Waals surface area contributed by atoms with Crippen LogP contribution in [0.1, 0.15) is 28.9 Å². The van der Waals surface area contributed by atoms with Crippen molar-refractivity contribution in [1.29, 1.82) is 0 Å². The van der Waals surface area contributed by atoms with Crippen molar-refractivity contribution < 1.29 is 9.53 Å². The molecule has 1 aliphatic heterocycles. The van der Waals surface area contributed by atoms with E-state index < -0.39 is 0 Å². The lowest BCUT2D eigenvalue weighted by molar-refractivity contribution is 0.0443. The van der Waals surface area contributed by atoms with Crippen LogP contribution >= 0.6 is 0 Å². The molecule has 2 heterocycles. The molecule has 1 fully saturated rings. The minimum Gasteiger partial charge on any atom is -0.381 e. The molecule has 4 nitrogen and oxygen atoms in total. The van der Waals surface area contributed by atoms with Crippen LogP contribution in [0.5, 0.6) is 0 Å². The zero-order valence-corrected chi connectivity index (χ0v) is 15.4. The summed E-state index contributed by atoms with van der Waals surface area (Å²) in [5.74, 6) is 0.475. The maximum atomic E-state index is 13.3. The first-order chi connectivity index (χ1) is 13.3. The minimum atomic E-state index is -0.00361. The van der Waals surface area contributed by atoms with Gasteiger partial charge in [-0.2, -0.15) is 0 Å². The van der Waals surface area contributed by atoms with Gasteiger partial charge in [0.05, 0.1) is 5.52 Å². The van der Waals surface area contributed by atoms with Gasteiger partial charge in [0.25, 0.3) is 5.91 Å². The fourth-order valence-electron chi connectivity index (χ4n) is 3.61. The average molecular weight is 360 g/mol. The standard InChI is InChI=1S/C23H24N2O2/c26-23(22-11-10-20-8-4-5-9-21(20)24-22)25(16-18-6-2-1-3-7-18)17-19-12-14-27-15-13-19/h1-11,19H,12-17H2. The van der Waals surface area contributed by atoms with Crippen LogP contribution in [0.2, 0.25) is 0 Å². The van der Waals surface area contributed by atoms with Crippen molar-refractivity contribution in [3.05, 3.63) is 78.0 Å². The van der Waals surface area contributed by atoms with E-state index in [-0.39, 0.29) is 5.91 Å². The third kappa shape index (κ3) is 4.34. The summed E-state index contributed by atoms with van der Waals surface area (Å²) < 4.78 is 5.48. The van der Waals surface area contributed by atoms with Crippen LogP contribution < -0.4 is 0 Å². The van der Waals surface area contributed by atoms with E-state index in [1.165, 1.54) is 0 Å². The molecule has 1 aromatic heterocycles. The summed E-state index contributed by atoms with van der Waals surface area (Å²) in [6, 6.07) is 21.9. The lowest BCUT2D eigenvalue weighted by atomic mass is 9.99. The molecule has 0 aliphatic carbocycles. The molecule has 1 amide bonds. The molecule has 138 valence electrons. The zero-order chi connectivity index (χ0) is 18.5. The Morgan fingerprint density at radius 2 is 1.70 bits per heavy atom. The number of pyridine rings is 1. The maximum Gasteiger partial charge on any atom is 0.272 e. The topological polar surface area (TPSA) is 42.4 Å². The first-order valence-corrected chi connectivity index (χ1v) is 9.56. The Bertz CT molecular complexity index is 904. The molecule has 0 unspecified atom stereocenters. The number of benzene rings is 2. The number of carbonyl (C=O) groups excluding carboxylic acids is 1. The van der Waals surface area contributed by atoms with Crippen LogP contribution in [0.25, 0.3) is 10.9 Å². The Labute approximate surface area is 159 Å². The number of amides is 1. The highest BCUT2D eigenvalue weighted by molar-refractivity contribution is 5.94. The van der Waals surface area contributed by atoms with Crippen molar-refractivity contribution in [2.24, 2.45) is 5.92 Å². The molecule has 0 radical (unpaired) electrons. The number of ether oxygens (including phenoxy) is 1. The SMILES string of the molecule is O=C(c1ccc2ccccc2n1)N(Cc1ccccc1)CC1CCOCC1. The summed E-state index contributed by atoms with van der Waals surface area (Å²) in [6.45, 7) is 2.91. The zero-order valence-electron chi connectivity index (χ0n) is 15.4. The van der Waals surface area contributed by atoms with E-state index in [2.05, 4.69) is 17.1 Å². The van der Waals surface area contributed by atoms with Crippen molar-refractivity contribution >= 4 is 16.8 Å². The first-order valence-electron chi connectivity index (χ1n) is 9.56. The Kier molecular flexibility index (Phi) is 5.45. The van der Waals surface area contributed by atoms with E-state index in [0.29, 0.717) is 18.2 Å². The van der Waals surface area contributed by atoms with E-state index in [4.69, 9.17) is 4.74 Å². The van der Waals surface area contributed by atoms with Gasteiger partial charge in [0.2, 0.25) is 0 Å². The third-order valence-corrected chi connectivity index (χ3v) is 5.14. The number of nitrogens with zero attached hydrogens (tertiary/aromatic N) is 2. The van der Waals surface area contributed by atoms with Crippen molar-refractivity contribution in [2.45, 2.75) is 19.4 Å². The summed E-state index contributed by atoms with van der Waals surface area (Å²) in [5, 5.41) is 1.05. The van der Waals surface area contributed by atoms with Crippen LogP contribution in [0.3, 0.4) is 0 Å². The largest absolute Gasteiger partial charge is 0.381 e. The molecule has 2 aromatic carbocycles. The van der Waals surface area contributed by atoms with Crippen LogP contribution in [0, 0.1) is 5.92 Å². The predicted molar refractivity (Wildman–Crippen MR) is 106 cm³/mol. The second-order valence-corrected chi connectivity index (χ2v) is 7.12. The smallest absolute Gasteiger partial charge is 0.272 e. The van der Waals surface area contributed by atoms with Crippen molar-refractivity contribution in [2.75, 3.05) is 19.8 Å². The van der Waals surface area contributed by atoms with Gasteiger partial charge in [0.1, 0.15) is 5.69 Å². The van der Waals surface area contributed by atoms with Gasteiger partial charge in [-0.1, -0.05) is 54.6 Å². The lowest BCUT2D eigenvalue weighted by Crippen LogP contribution is -2.37. The quantitative estimate of drug-likeness (QED) is 0.681. The molecule has 0 bridgehead atoms. The lowest BCUT2D eigenvalue weighted by Gasteiger charge is -2.30. The normalized spacial score (nSPS) is 15.0. The molecule has 0 saturated carbocycles. The van der Waals surface area contributed by atoms with Crippen LogP contribution in [-0.2, 0) is 11.3 Å². The number of para-hydroxylation sites is 1. The molecular formula is C23H24N2O2. The second-order valence-electron chi connectivity index (χ2n) is 7.12. The van der Waals surface area contributed by atoms with E-state index in [1.807, 2.05) is 59.5 Å². The highest BCUT2D eigenvalue weighted by Crippen LogP contribution is 2.20. The van der Waals surface area contributed by atoms with Gasteiger partial charge in [-0.15, -0.1) is 0 Å².